The number of rotatable bonds is 2. The number of fused-ring (bicyclic) bond motifs is 1. The number of thioether (sulfide) groups is 1. The Labute approximate surface area is 127 Å². The summed E-state index contributed by atoms with van der Waals surface area (Å²) >= 11 is 7.69. The van der Waals surface area contributed by atoms with Gasteiger partial charge in [-0.15, -0.1) is 11.8 Å². The second kappa shape index (κ2) is 5.51. The van der Waals surface area contributed by atoms with Crippen molar-refractivity contribution in [2.24, 2.45) is 0 Å². The van der Waals surface area contributed by atoms with E-state index in [1.165, 1.54) is 16.0 Å². The Morgan fingerprint density at radius 2 is 2.10 bits per heavy atom. The lowest BCUT2D eigenvalue weighted by Gasteiger charge is -2.10. The van der Waals surface area contributed by atoms with Gasteiger partial charge < -0.3 is 5.32 Å². The summed E-state index contributed by atoms with van der Waals surface area (Å²) in [5.74, 6) is 0.0111. The lowest BCUT2D eigenvalue weighted by molar-refractivity contribution is -0.115. The Bertz CT molecular complexity index is 671. The molecule has 0 saturated heterocycles. The van der Waals surface area contributed by atoms with Crippen molar-refractivity contribution in [2.75, 3.05) is 5.32 Å². The van der Waals surface area contributed by atoms with Crippen LogP contribution in [0, 0.1) is 6.92 Å². The van der Waals surface area contributed by atoms with Crippen molar-refractivity contribution in [1.29, 1.82) is 0 Å². The van der Waals surface area contributed by atoms with Crippen LogP contribution in [0.4, 0.5) is 5.69 Å². The third-order valence-electron chi connectivity index (χ3n) is 3.32. The molecule has 1 aliphatic heterocycles. The number of benzene rings is 2. The van der Waals surface area contributed by atoms with Gasteiger partial charge in [0.1, 0.15) is 0 Å². The van der Waals surface area contributed by atoms with Gasteiger partial charge in [-0.1, -0.05) is 41.4 Å². The standard InChI is InChI=1S/C16H14ClNOS/c1-10-6-7-11-9-15(20-14(11)8-10)16(19)18-13-5-3-2-4-12(13)17/h2-8,15H,9H2,1H3,(H,18,19)/t15-/m1/s1. The molecule has 1 aliphatic rings. The van der Waals surface area contributed by atoms with Crippen molar-refractivity contribution in [2.45, 2.75) is 23.5 Å². The van der Waals surface area contributed by atoms with Gasteiger partial charge in [-0.05, 0) is 37.1 Å². The first-order chi connectivity index (χ1) is 9.63. The molecule has 1 N–H and O–H groups in total. The molecule has 0 aromatic heterocycles. The molecular formula is C16H14ClNOS. The van der Waals surface area contributed by atoms with E-state index >= 15 is 0 Å². The number of carbonyl (C=O) groups is 1. The zero-order valence-electron chi connectivity index (χ0n) is 11.0. The maximum atomic E-state index is 12.3. The molecule has 2 aromatic rings. The van der Waals surface area contributed by atoms with E-state index in [9.17, 15) is 4.79 Å². The number of hydrogen-bond acceptors (Lipinski definition) is 2. The first-order valence-electron chi connectivity index (χ1n) is 6.45. The number of para-hydroxylation sites is 1. The molecule has 0 saturated carbocycles. The third-order valence-corrected chi connectivity index (χ3v) is 4.95. The number of hydrogen-bond donors (Lipinski definition) is 1. The van der Waals surface area contributed by atoms with Gasteiger partial charge in [0.25, 0.3) is 0 Å². The Morgan fingerprint density at radius 1 is 1.30 bits per heavy atom. The van der Waals surface area contributed by atoms with E-state index in [-0.39, 0.29) is 11.2 Å². The summed E-state index contributed by atoms with van der Waals surface area (Å²) in [6, 6.07) is 13.6. The minimum Gasteiger partial charge on any atom is -0.324 e. The van der Waals surface area contributed by atoms with Crippen LogP contribution in [0.25, 0.3) is 0 Å². The number of amides is 1. The van der Waals surface area contributed by atoms with E-state index in [4.69, 9.17) is 11.6 Å². The second-order valence-electron chi connectivity index (χ2n) is 4.89. The summed E-state index contributed by atoms with van der Waals surface area (Å²) in [5.41, 5.74) is 3.15. The van der Waals surface area contributed by atoms with E-state index in [0.717, 1.165) is 6.42 Å². The van der Waals surface area contributed by atoms with E-state index in [1.807, 2.05) is 18.2 Å². The van der Waals surface area contributed by atoms with Crippen LogP contribution in [0.15, 0.2) is 47.4 Å². The summed E-state index contributed by atoms with van der Waals surface area (Å²) in [4.78, 5) is 13.5. The van der Waals surface area contributed by atoms with Gasteiger partial charge in [0.2, 0.25) is 5.91 Å². The molecule has 20 heavy (non-hydrogen) atoms. The molecule has 0 radical (unpaired) electrons. The van der Waals surface area contributed by atoms with Crippen molar-refractivity contribution >= 4 is 35.0 Å². The van der Waals surface area contributed by atoms with Crippen LogP contribution >= 0.6 is 23.4 Å². The van der Waals surface area contributed by atoms with Gasteiger partial charge in [-0.3, -0.25) is 4.79 Å². The lowest BCUT2D eigenvalue weighted by Crippen LogP contribution is -2.24. The number of aryl methyl sites for hydroxylation is 1. The van der Waals surface area contributed by atoms with Gasteiger partial charge in [0.05, 0.1) is 16.0 Å². The van der Waals surface area contributed by atoms with Crippen molar-refractivity contribution in [3.05, 3.63) is 58.6 Å². The average Bonchev–Trinajstić information content (AvgIpc) is 2.84. The Balaban J connectivity index is 1.73. The molecular weight excluding hydrogens is 290 g/mol. The molecule has 2 nitrogen and oxygen atoms in total. The predicted molar refractivity (Wildman–Crippen MR) is 84.6 cm³/mol. The molecule has 0 fully saturated rings. The molecule has 3 rings (SSSR count). The summed E-state index contributed by atoms with van der Waals surface area (Å²) < 4.78 is 0. The normalized spacial score (nSPS) is 16.8. The van der Waals surface area contributed by atoms with Crippen molar-refractivity contribution in [1.82, 2.24) is 0 Å². The zero-order valence-corrected chi connectivity index (χ0v) is 12.6. The molecule has 0 bridgehead atoms. The van der Waals surface area contributed by atoms with Crippen LogP contribution in [-0.2, 0) is 11.2 Å². The number of anilines is 1. The highest BCUT2D eigenvalue weighted by atomic mass is 35.5. The Kier molecular flexibility index (Phi) is 3.72. The Hall–Kier alpha value is -1.45. The SMILES string of the molecule is Cc1ccc2c(c1)S[C@@H](C(=O)Nc1ccccc1Cl)C2. The Morgan fingerprint density at radius 3 is 2.90 bits per heavy atom. The fraction of sp³-hybridized carbons (Fsp3) is 0.188. The van der Waals surface area contributed by atoms with Gasteiger partial charge in [-0.2, -0.15) is 0 Å². The molecule has 4 heteroatoms. The molecule has 1 heterocycles. The largest absolute Gasteiger partial charge is 0.324 e. The van der Waals surface area contributed by atoms with Crippen molar-refractivity contribution in [3.63, 3.8) is 0 Å². The topological polar surface area (TPSA) is 29.1 Å². The lowest BCUT2D eigenvalue weighted by atomic mass is 10.1. The highest BCUT2D eigenvalue weighted by molar-refractivity contribution is 8.01. The first-order valence-corrected chi connectivity index (χ1v) is 7.71. The maximum Gasteiger partial charge on any atom is 0.238 e. The minimum absolute atomic E-state index is 0.0111. The van der Waals surface area contributed by atoms with Crippen LogP contribution in [0.5, 0.6) is 0 Å². The fourth-order valence-corrected chi connectivity index (χ4v) is 3.73. The fourth-order valence-electron chi connectivity index (χ4n) is 2.26. The van der Waals surface area contributed by atoms with Crippen LogP contribution in [-0.4, -0.2) is 11.2 Å². The first kappa shape index (κ1) is 13.5. The average molecular weight is 304 g/mol. The molecule has 0 aliphatic carbocycles. The molecule has 1 atom stereocenters. The number of halogens is 1. The summed E-state index contributed by atoms with van der Waals surface area (Å²) in [6.45, 7) is 2.07. The van der Waals surface area contributed by atoms with Crippen LogP contribution in [0.2, 0.25) is 5.02 Å². The van der Waals surface area contributed by atoms with Crippen LogP contribution < -0.4 is 5.32 Å². The van der Waals surface area contributed by atoms with E-state index in [0.29, 0.717) is 10.7 Å². The highest BCUT2D eigenvalue weighted by Crippen LogP contribution is 2.38. The molecule has 0 spiro atoms. The van der Waals surface area contributed by atoms with E-state index in [2.05, 4.69) is 30.4 Å². The van der Waals surface area contributed by atoms with Gasteiger partial charge in [0, 0.05) is 4.90 Å². The minimum atomic E-state index is -0.0805. The highest BCUT2D eigenvalue weighted by Gasteiger charge is 2.28. The molecule has 102 valence electrons. The maximum absolute atomic E-state index is 12.3. The smallest absolute Gasteiger partial charge is 0.238 e. The van der Waals surface area contributed by atoms with Gasteiger partial charge >= 0.3 is 0 Å². The third kappa shape index (κ3) is 2.69. The second-order valence-corrected chi connectivity index (χ2v) is 6.54. The summed E-state index contributed by atoms with van der Waals surface area (Å²) in [6.07, 6.45) is 0.774. The van der Waals surface area contributed by atoms with E-state index < -0.39 is 0 Å². The molecule has 0 unspecified atom stereocenters. The molecule has 1 amide bonds. The van der Waals surface area contributed by atoms with Crippen molar-refractivity contribution < 1.29 is 4.79 Å². The van der Waals surface area contributed by atoms with Crippen LogP contribution in [0.3, 0.4) is 0 Å². The summed E-state index contributed by atoms with van der Waals surface area (Å²) in [7, 11) is 0. The zero-order chi connectivity index (χ0) is 14.1. The van der Waals surface area contributed by atoms with Crippen LogP contribution in [0.1, 0.15) is 11.1 Å². The predicted octanol–water partition coefficient (Wildman–Crippen LogP) is 4.30. The molecule has 2 aromatic carbocycles. The number of carbonyl (C=O) groups excluding carboxylic acids is 1. The summed E-state index contributed by atoms with van der Waals surface area (Å²) in [5, 5.41) is 3.40. The van der Waals surface area contributed by atoms with E-state index in [1.54, 1.807) is 17.8 Å². The monoisotopic (exact) mass is 303 g/mol. The van der Waals surface area contributed by atoms with Crippen molar-refractivity contribution in [3.8, 4) is 0 Å². The number of nitrogens with one attached hydrogen (secondary N) is 1. The van der Waals surface area contributed by atoms with Gasteiger partial charge in [0.15, 0.2) is 0 Å². The quantitative estimate of drug-likeness (QED) is 0.896. The van der Waals surface area contributed by atoms with Gasteiger partial charge in [-0.25, -0.2) is 0 Å².